The zero-order chi connectivity index (χ0) is 27.3. The average molecular weight is 522 g/mol. The Morgan fingerprint density at radius 1 is 0.816 bits per heavy atom. The van der Waals surface area contributed by atoms with E-state index in [0.717, 1.165) is 67.9 Å². The number of likely N-dealkylation sites (tertiary alicyclic amines) is 1. The summed E-state index contributed by atoms with van der Waals surface area (Å²) in [5.74, 6) is 1.73. The molecule has 7 heteroatoms. The Morgan fingerprint density at radius 2 is 1.32 bits per heavy atom. The number of piperazine rings is 1. The first-order valence-corrected chi connectivity index (χ1v) is 13.8. The molecule has 2 saturated heterocycles. The summed E-state index contributed by atoms with van der Waals surface area (Å²) in [5.41, 5.74) is 1.22. The maximum atomic E-state index is 13.5. The van der Waals surface area contributed by atoms with E-state index in [9.17, 15) is 9.59 Å². The van der Waals surface area contributed by atoms with Crippen LogP contribution in [-0.2, 0) is 15.1 Å². The number of benzene rings is 2. The van der Waals surface area contributed by atoms with E-state index in [-0.39, 0.29) is 23.8 Å². The van der Waals surface area contributed by atoms with Crippen molar-refractivity contribution >= 4 is 12.2 Å². The number of piperidine rings is 1. The molecule has 0 radical (unpaired) electrons. The Morgan fingerprint density at radius 3 is 1.76 bits per heavy atom. The molecular formula is C31H43N3O4. The van der Waals surface area contributed by atoms with Gasteiger partial charge < -0.3 is 19.2 Å². The van der Waals surface area contributed by atoms with Crippen LogP contribution in [0.1, 0.15) is 51.2 Å². The quantitative estimate of drug-likeness (QED) is 0.486. The molecule has 7 nitrogen and oxygen atoms in total. The van der Waals surface area contributed by atoms with E-state index in [1.54, 1.807) is 14.2 Å². The average Bonchev–Trinajstić information content (AvgIpc) is 2.95. The number of hydrogen-bond acceptors (Lipinski definition) is 6. The van der Waals surface area contributed by atoms with Crippen LogP contribution >= 0.6 is 0 Å². The number of nitrogens with zero attached hydrogens (tertiary/aromatic N) is 3. The number of rotatable bonds is 8. The lowest BCUT2D eigenvalue weighted by Gasteiger charge is -2.48. The predicted octanol–water partition coefficient (Wildman–Crippen LogP) is 4.19. The van der Waals surface area contributed by atoms with Gasteiger partial charge in [-0.3, -0.25) is 14.6 Å². The van der Waals surface area contributed by atoms with Crippen molar-refractivity contribution in [3.05, 3.63) is 59.7 Å². The highest BCUT2D eigenvalue weighted by Crippen LogP contribution is 2.47. The maximum Gasteiger partial charge on any atom is 0.225 e. The van der Waals surface area contributed by atoms with Crippen LogP contribution in [-0.4, -0.2) is 85.9 Å². The molecule has 0 spiro atoms. The molecule has 0 unspecified atom stereocenters. The van der Waals surface area contributed by atoms with Crippen molar-refractivity contribution < 1.29 is 19.1 Å². The van der Waals surface area contributed by atoms with E-state index in [2.05, 4.69) is 35.5 Å². The fourth-order valence-electron chi connectivity index (χ4n) is 6.29. The van der Waals surface area contributed by atoms with Crippen LogP contribution in [0.15, 0.2) is 48.5 Å². The van der Waals surface area contributed by atoms with Gasteiger partial charge in [0.15, 0.2) is 0 Å². The summed E-state index contributed by atoms with van der Waals surface area (Å²) in [6.07, 6.45) is 2.75. The van der Waals surface area contributed by atoms with Crippen LogP contribution in [0.3, 0.4) is 0 Å². The molecule has 2 aromatic carbocycles. The third-order valence-electron chi connectivity index (χ3n) is 8.41. The largest absolute Gasteiger partial charge is 0.496 e. The molecule has 0 aromatic heterocycles. The summed E-state index contributed by atoms with van der Waals surface area (Å²) in [6, 6.07) is 15.8. The van der Waals surface area contributed by atoms with Crippen LogP contribution in [0.2, 0.25) is 0 Å². The van der Waals surface area contributed by atoms with Crippen molar-refractivity contribution in [1.29, 1.82) is 0 Å². The molecular weight excluding hydrogens is 478 g/mol. The van der Waals surface area contributed by atoms with Gasteiger partial charge in [-0.05, 0) is 45.7 Å². The molecule has 2 aliphatic rings. The van der Waals surface area contributed by atoms with Crippen molar-refractivity contribution in [3.63, 3.8) is 0 Å². The second kappa shape index (κ2) is 11.9. The van der Waals surface area contributed by atoms with Crippen molar-refractivity contribution in [2.45, 2.75) is 51.1 Å². The van der Waals surface area contributed by atoms with E-state index < -0.39 is 5.54 Å². The first-order chi connectivity index (χ1) is 18.3. The van der Waals surface area contributed by atoms with E-state index in [4.69, 9.17) is 9.47 Å². The van der Waals surface area contributed by atoms with E-state index in [0.29, 0.717) is 13.1 Å². The molecule has 2 heterocycles. The smallest absolute Gasteiger partial charge is 0.225 e. The molecule has 0 N–H and O–H groups in total. The van der Waals surface area contributed by atoms with Crippen molar-refractivity contribution in [1.82, 2.24) is 14.7 Å². The Balaban J connectivity index is 1.61. The summed E-state index contributed by atoms with van der Waals surface area (Å²) in [4.78, 5) is 32.7. The van der Waals surface area contributed by atoms with E-state index in [1.807, 2.05) is 48.5 Å². The summed E-state index contributed by atoms with van der Waals surface area (Å²) in [6.45, 7) is 11.5. The van der Waals surface area contributed by atoms with E-state index >= 15 is 0 Å². The van der Waals surface area contributed by atoms with Gasteiger partial charge in [0.2, 0.25) is 5.91 Å². The molecule has 206 valence electrons. The number of para-hydroxylation sites is 2. The lowest BCUT2D eigenvalue weighted by molar-refractivity contribution is -0.140. The van der Waals surface area contributed by atoms with Crippen molar-refractivity contribution in [3.8, 4) is 11.5 Å². The van der Waals surface area contributed by atoms with Crippen molar-refractivity contribution in [2.75, 3.05) is 53.5 Å². The number of ether oxygens (including phenoxy) is 2. The highest BCUT2D eigenvalue weighted by atomic mass is 16.5. The van der Waals surface area contributed by atoms with Crippen LogP contribution in [0.4, 0.5) is 0 Å². The SMILES string of the molecule is COc1ccccc1C(CC=O)(c1ccccc1OC)N1CCC(C(=O)N2CCN(C(C)(C)C)CC2)CC1. The number of aldehydes is 1. The predicted molar refractivity (Wildman–Crippen MR) is 150 cm³/mol. The Hall–Kier alpha value is -2.90. The van der Waals surface area contributed by atoms with E-state index in [1.165, 1.54) is 0 Å². The minimum atomic E-state index is -0.771. The first-order valence-electron chi connectivity index (χ1n) is 13.8. The number of carbonyl (C=O) groups is 2. The second-order valence-electron chi connectivity index (χ2n) is 11.4. The topological polar surface area (TPSA) is 62.3 Å². The summed E-state index contributed by atoms with van der Waals surface area (Å²) >= 11 is 0. The Bertz CT molecular complexity index is 1050. The van der Waals surface area contributed by atoms with Crippen molar-refractivity contribution in [2.24, 2.45) is 5.92 Å². The van der Waals surface area contributed by atoms with Gasteiger partial charge in [-0.25, -0.2) is 0 Å². The fourth-order valence-corrected chi connectivity index (χ4v) is 6.29. The molecule has 0 saturated carbocycles. The molecule has 4 rings (SSSR count). The minimum Gasteiger partial charge on any atom is -0.496 e. The molecule has 0 bridgehead atoms. The lowest BCUT2D eigenvalue weighted by atomic mass is 9.76. The monoisotopic (exact) mass is 521 g/mol. The maximum absolute atomic E-state index is 13.5. The van der Waals surface area contributed by atoms with Crippen LogP contribution < -0.4 is 9.47 Å². The fraction of sp³-hybridized carbons (Fsp3) is 0.548. The van der Waals surface area contributed by atoms with Gasteiger partial charge in [0.25, 0.3) is 0 Å². The molecule has 2 fully saturated rings. The molecule has 0 aliphatic carbocycles. The van der Waals surface area contributed by atoms with Gasteiger partial charge in [0.1, 0.15) is 17.8 Å². The van der Waals surface area contributed by atoms with Gasteiger partial charge in [-0.2, -0.15) is 0 Å². The van der Waals surface area contributed by atoms with Crippen LogP contribution in [0, 0.1) is 5.92 Å². The third-order valence-corrected chi connectivity index (χ3v) is 8.41. The molecule has 2 aliphatic heterocycles. The number of hydrogen-bond donors (Lipinski definition) is 0. The number of amides is 1. The number of methoxy groups -OCH3 is 2. The van der Waals surface area contributed by atoms with Gasteiger partial charge >= 0.3 is 0 Å². The van der Waals surface area contributed by atoms with Gasteiger partial charge in [0.05, 0.1) is 19.8 Å². The summed E-state index contributed by atoms with van der Waals surface area (Å²) in [5, 5.41) is 0. The second-order valence-corrected chi connectivity index (χ2v) is 11.4. The zero-order valence-electron chi connectivity index (χ0n) is 23.6. The highest BCUT2D eigenvalue weighted by molar-refractivity contribution is 5.79. The Labute approximate surface area is 227 Å². The summed E-state index contributed by atoms with van der Waals surface area (Å²) in [7, 11) is 3.33. The normalized spacial score (nSPS) is 18.3. The number of carbonyl (C=O) groups excluding carboxylic acids is 2. The highest BCUT2D eigenvalue weighted by Gasteiger charge is 2.46. The first kappa shape index (κ1) is 28.1. The Kier molecular flexibility index (Phi) is 8.78. The molecule has 1 amide bonds. The van der Waals surface area contributed by atoms with Gasteiger partial charge in [-0.15, -0.1) is 0 Å². The third kappa shape index (κ3) is 5.45. The summed E-state index contributed by atoms with van der Waals surface area (Å²) < 4.78 is 11.6. The molecule has 0 atom stereocenters. The molecule has 2 aromatic rings. The molecule has 38 heavy (non-hydrogen) atoms. The van der Waals surface area contributed by atoms with Crippen LogP contribution in [0.5, 0.6) is 11.5 Å². The van der Waals surface area contributed by atoms with Gasteiger partial charge in [0, 0.05) is 68.3 Å². The zero-order valence-corrected chi connectivity index (χ0v) is 23.6. The van der Waals surface area contributed by atoms with Crippen LogP contribution in [0.25, 0.3) is 0 Å². The standard InChI is InChI=1S/C31H43N3O4/c1-30(2,3)33-21-19-32(20-22-33)29(36)24-14-17-34(18-15-24)31(16-23-35,25-10-6-8-12-27(25)37-4)26-11-7-9-13-28(26)38-5/h6-13,23-24H,14-22H2,1-5H3. The lowest BCUT2D eigenvalue weighted by Crippen LogP contribution is -2.57. The minimum absolute atomic E-state index is 0.00305. The van der Waals surface area contributed by atoms with Gasteiger partial charge in [-0.1, -0.05) is 36.4 Å².